The average Bonchev–Trinajstić information content (AvgIpc) is 2.51. The largest absolute Gasteiger partial charge is 0.258 e. The van der Waals surface area contributed by atoms with Gasteiger partial charge in [0.1, 0.15) is 0 Å². The smallest absolute Gasteiger partial charge is 0.0458 e. The van der Waals surface area contributed by atoms with Gasteiger partial charge in [0.25, 0.3) is 0 Å². The summed E-state index contributed by atoms with van der Waals surface area (Å²) in [6.07, 6.45) is 0. The van der Waals surface area contributed by atoms with Gasteiger partial charge in [-0.3, -0.25) is 15.0 Å². The summed E-state index contributed by atoms with van der Waals surface area (Å²) >= 11 is 0. The fourth-order valence-corrected chi connectivity index (χ4v) is 4.57. The molecule has 0 aromatic carbocycles. The predicted octanol–water partition coefficient (Wildman–Crippen LogP) is 5.98. The minimum atomic E-state index is 1.05. The highest BCUT2D eigenvalue weighted by Gasteiger charge is 2.21. The summed E-state index contributed by atoms with van der Waals surface area (Å²) in [5.41, 5.74) is 14.9. The van der Waals surface area contributed by atoms with Crippen molar-refractivity contribution in [3.8, 4) is 22.3 Å². The van der Waals surface area contributed by atoms with Crippen LogP contribution in [0.4, 0.5) is 0 Å². The number of hydrogen-bond donors (Lipinski definition) is 0. The molecule has 0 spiro atoms. The first-order valence-corrected chi connectivity index (χ1v) is 9.50. The van der Waals surface area contributed by atoms with E-state index < -0.39 is 0 Å². The van der Waals surface area contributed by atoms with Crippen LogP contribution in [0.15, 0.2) is 12.1 Å². The third kappa shape index (κ3) is 3.27. The molecule has 3 aromatic rings. The second-order valence-electron chi connectivity index (χ2n) is 7.74. The molecule has 3 rings (SSSR count). The van der Waals surface area contributed by atoms with Crippen molar-refractivity contribution < 1.29 is 0 Å². The molecule has 3 heterocycles. The number of aromatic nitrogens is 3. The summed E-state index contributed by atoms with van der Waals surface area (Å²) in [7, 11) is 0. The summed E-state index contributed by atoms with van der Waals surface area (Å²) in [6, 6.07) is 4.31. The van der Waals surface area contributed by atoms with Crippen molar-refractivity contribution in [2.45, 2.75) is 62.3 Å². The van der Waals surface area contributed by atoms with E-state index in [4.69, 9.17) is 15.0 Å². The Hall–Kier alpha value is -2.55. The van der Waals surface area contributed by atoms with Crippen LogP contribution in [0.5, 0.6) is 0 Å². The molecular weight excluding hydrogens is 330 g/mol. The molecule has 0 amide bonds. The first kappa shape index (κ1) is 19.2. The number of rotatable bonds is 2. The molecule has 3 aromatic heterocycles. The number of aryl methyl sites for hydroxylation is 8. The lowest BCUT2D eigenvalue weighted by atomic mass is 9.87. The second kappa shape index (κ2) is 6.88. The fraction of sp³-hybridized carbons (Fsp3) is 0.375. The predicted molar refractivity (Wildman–Crippen MR) is 113 cm³/mol. The van der Waals surface area contributed by atoms with Gasteiger partial charge >= 0.3 is 0 Å². The van der Waals surface area contributed by atoms with E-state index in [0.717, 1.165) is 34.2 Å². The Labute approximate surface area is 162 Å². The van der Waals surface area contributed by atoms with Crippen LogP contribution in [0.2, 0.25) is 0 Å². The molecule has 0 aliphatic heterocycles. The van der Waals surface area contributed by atoms with E-state index in [9.17, 15) is 0 Å². The van der Waals surface area contributed by atoms with Gasteiger partial charge in [-0.15, -0.1) is 0 Å². The Balaban J connectivity index is 2.41. The standard InChI is InChI=1S/C24H29N3/c1-12-10-14(3)25-17(6)21(12)23-16(5)24(20(9)27-19(23)8)22-13(2)11-15(4)26-18(22)7/h10-11H,1-9H3. The van der Waals surface area contributed by atoms with Crippen molar-refractivity contribution in [3.63, 3.8) is 0 Å². The van der Waals surface area contributed by atoms with Gasteiger partial charge in [0, 0.05) is 56.4 Å². The number of pyridine rings is 3. The Morgan fingerprint density at radius 1 is 0.444 bits per heavy atom. The Morgan fingerprint density at radius 2 is 0.778 bits per heavy atom. The SMILES string of the molecule is Cc1cc(C)c(-c2c(C)nc(C)c(-c3c(C)cc(C)nc3C)c2C)c(C)n1. The average molecular weight is 360 g/mol. The van der Waals surface area contributed by atoms with E-state index in [1.165, 1.54) is 38.9 Å². The normalized spacial score (nSPS) is 11.1. The quantitative estimate of drug-likeness (QED) is 0.565. The molecule has 0 saturated heterocycles. The van der Waals surface area contributed by atoms with Crippen LogP contribution in [0.1, 0.15) is 50.9 Å². The molecule has 0 radical (unpaired) electrons. The van der Waals surface area contributed by atoms with Crippen molar-refractivity contribution in [3.05, 3.63) is 63.0 Å². The highest BCUT2D eigenvalue weighted by atomic mass is 14.7. The molecule has 140 valence electrons. The zero-order valence-electron chi connectivity index (χ0n) is 18.0. The number of hydrogen-bond acceptors (Lipinski definition) is 3. The Kier molecular flexibility index (Phi) is 4.90. The van der Waals surface area contributed by atoms with Crippen LogP contribution in [0, 0.1) is 62.3 Å². The van der Waals surface area contributed by atoms with Crippen LogP contribution in [0.3, 0.4) is 0 Å². The minimum absolute atomic E-state index is 1.05. The van der Waals surface area contributed by atoms with Crippen LogP contribution in [-0.4, -0.2) is 15.0 Å². The summed E-state index contributed by atoms with van der Waals surface area (Å²) < 4.78 is 0. The topological polar surface area (TPSA) is 38.7 Å². The summed E-state index contributed by atoms with van der Waals surface area (Å²) in [4.78, 5) is 14.4. The molecule has 0 saturated carbocycles. The van der Waals surface area contributed by atoms with Gasteiger partial charge < -0.3 is 0 Å². The fourth-order valence-electron chi connectivity index (χ4n) is 4.57. The van der Waals surface area contributed by atoms with Crippen LogP contribution in [-0.2, 0) is 0 Å². The lowest BCUT2D eigenvalue weighted by Gasteiger charge is -2.21. The van der Waals surface area contributed by atoms with Gasteiger partial charge in [-0.2, -0.15) is 0 Å². The molecule has 0 unspecified atom stereocenters. The first-order valence-electron chi connectivity index (χ1n) is 9.50. The summed E-state index contributed by atoms with van der Waals surface area (Å²) in [5.74, 6) is 0. The number of nitrogens with zero attached hydrogens (tertiary/aromatic N) is 3. The molecule has 0 aliphatic carbocycles. The van der Waals surface area contributed by atoms with Gasteiger partial charge in [-0.1, -0.05) is 0 Å². The summed E-state index contributed by atoms with van der Waals surface area (Å²) in [6.45, 7) is 19.0. The van der Waals surface area contributed by atoms with Gasteiger partial charge in [-0.05, 0) is 91.1 Å². The van der Waals surface area contributed by atoms with Gasteiger partial charge in [0.15, 0.2) is 0 Å². The van der Waals surface area contributed by atoms with Crippen LogP contribution >= 0.6 is 0 Å². The van der Waals surface area contributed by atoms with Gasteiger partial charge in [0.2, 0.25) is 0 Å². The van der Waals surface area contributed by atoms with Crippen LogP contribution < -0.4 is 0 Å². The van der Waals surface area contributed by atoms with Crippen molar-refractivity contribution in [1.82, 2.24) is 15.0 Å². The third-order valence-electron chi connectivity index (χ3n) is 5.36. The lowest BCUT2D eigenvalue weighted by Crippen LogP contribution is -2.05. The second-order valence-corrected chi connectivity index (χ2v) is 7.74. The molecule has 0 N–H and O–H groups in total. The zero-order chi connectivity index (χ0) is 20.0. The zero-order valence-corrected chi connectivity index (χ0v) is 18.0. The van der Waals surface area contributed by atoms with E-state index in [-0.39, 0.29) is 0 Å². The highest BCUT2D eigenvalue weighted by Crippen LogP contribution is 2.39. The van der Waals surface area contributed by atoms with E-state index in [0.29, 0.717) is 0 Å². The molecule has 0 bridgehead atoms. The Morgan fingerprint density at radius 3 is 1.11 bits per heavy atom. The van der Waals surface area contributed by atoms with Gasteiger partial charge in [0.05, 0.1) is 0 Å². The lowest BCUT2D eigenvalue weighted by molar-refractivity contribution is 1.06. The van der Waals surface area contributed by atoms with Crippen molar-refractivity contribution in [2.75, 3.05) is 0 Å². The summed E-state index contributed by atoms with van der Waals surface area (Å²) in [5, 5.41) is 0. The van der Waals surface area contributed by atoms with Crippen LogP contribution in [0.25, 0.3) is 22.3 Å². The minimum Gasteiger partial charge on any atom is -0.258 e. The van der Waals surface area contributed by atoms with Crippen molar-refractivity contribution in [1.29, 1.82) is 0 Å². The maximum atomic E-state index is 4.94. The van der Waals surface area contributed by atoms with Crippen molar-refractivity contribution >= 4 is 0 Å². The van der Waals surface area contributed by atoms with E-state index >= 15 is 0 Å². The highest BCUT2D eigenvalue weighted by molar-refractivity contribution is 5.84. The molecule has 0 atom stereocenters. The van der Waals surface area contributed by atoms with Gasteiger partial charge in [-0.25, -0.2) is 0 Å². The molecule has 0 aliphatic rings. The molecule has 3 heteroatoms. The van der Waals surface area contributed by atoms with E-state index in [1.807, 2.05) is 13.8 Å². The molecular formula is C24H29N3. The van der Waals surface area contributed by atoms with E-state index in [2.05, 4.69) is 60.6 Å². The maximum Gasteiger partial charge on any atom is 0.0458 e. The third-order valence-corrected chi connectivity index (χ3v) is 5.36. The molecule has 3 nitrogen and oxygen atoms in total. The maximum absolute atomic E-state index is 4.94. The molecule has 27 heavy (non-hydrogen) atoms. The molecule has 0 fully saturated rings. The Bertz CT molecular complexity index is 934. The first-order chi connectivity index (χ1) is 12.6. The van der Waals surface area contributed by atoms with Crippen molar-refractivity contribution in [2.24, 2.45) is 0 Å². The van der Waals surface area contributed by atoms with E-state index in [1.54, 1.807) is 0 Å². The monoisotopic (exact) mass is 359 g/mol.